The van der Waals surface area contributed by atoms with Crippen LogP contribution in [0.1, 0.15) is 36.2 Å². The molecule has 2 aromatic heterocycles. The van der Waals surface area contributed by atoms with Crippen molar-refractivity contribution in [2.24, 2.45) is 5.92 Å². The number of hydrogen-bond donors (Lipinski definition) is 1. The molecule has 0 fully saturated rings. The lowest BCUT2D eigenvalue weighted by molar-refractivity contribution is -0.134. The predicted molar refractivity (Wildman–Crippen MR) is 95.2 cm³/mol. The Hall–Kier alpha value is -1.79. The molecule has 0 saturated carbocycles. The van der Waals surface area contributed by atoms with Gasteiger partial charge in [0.05, 0.1) is 17.1 Å². The zero-order valence-electron chi connectivity index (χ0n) is 13.9. The third kappa shape index (κ3) is 4.61. The molecule has 130 valence electrons. The molecule has 0 radical (unpaired) electrons. The van der Waals surface area contributed by atoms with Crippen LogP contribution in [0.25, 0.3) is 0 Å². The molecular formula is C17H21ClN2O3S. The molecule has 0 aromatic carbocycles. The highest BCUT2D eigenvalue weighted by atomic mass is 35.5. The molecule has 2 amide bonds. The summed E-state index contributed by atoms with van der Waals surface area (Å²) < 4.78 is 5.79. The van der Waals surface area contributed by atoms with Gasteiger partial charge >= 0.3 is 0 Å². The van der Waals surface area contributed by atoms with E-state index < -0.39 is 6.04 Å². The zero-order chi connectivity index (χ0) is 17.7. The number of halogens is 1. The molecule has 2 heterocycles. The summed E-state index contributed by atoms with van der Waals surface area (Å²) in [5, 5.41) is 2.78. The lowest BCUT2D eigenvalue weighted by atomic mass is 10.0. The average Bonchev–Trinajstić information content (AvgIpc) is 3.20. The zero-order valence-corrected chi connectivity index (χ0v) is 15.5. The van der Waals surface area contributed by atoms with Crippen LogP contribution in [0.15, 0.2) is 34.9 Å². The van der Waals surface area contributed by atoms with Gasteiger partial charge in [0.2, 0.25) is 5.91 Å². The third-order valence-corrected chi connectivity index (χ3v) is 4.85. The van der Waals surface area contributed by atoms with E-state index in [4.69, 9.17) is 16.0 Å². The molecule has 2 rings (SSSR count). The largest absolute Gasteiger partial charge is 0.459 e. The smallest absolute Gasteiger partial charge is 0.287 e. The van der Waals surface area contributed by atoms with E-state index in [9.17, 15) is 9.59 Å². The minimum Gasteiger partial charge on any atom is -0.459 e. The molecule has 0 aliphatic rings. The molecular weight excluding hydrogens is 348 g/mol. The number of amides is 2. The van der Waals surface area contributed by atoms with Crippen molar-refractivity contribution in [3.63, 3.8) is 0 Å². The van der Waals surface area contributed by atoms with Crippen LogP contribution in [0.5, 0.6) is 0 Å². The van der Waals surface area contributed by atoms with Gasteiger partial charge in [-0.2, -0.15) is 0 Å². The molecule has 24 heavy (non-hydrogen) atoms. The van der Waals surface area contributed by atoms with Crippen LogP contribution in [-0.4, -0.2) is 29.3 Å². The maximum atomic E-state index is 12.9. The van der Waals surface area contributed by atoms with Crippen LogP contribution in [0.2, 0.25) is 4.34 Å². The molecule has 2 aromatic rings. The average molecular weight is 369 g/mol. The number of carbonyl (C=O) groups is 2. The van der Waals surface area contributed by atoms with Crippen LogP contribution in [0.3, 0.4) is 0 Å². The van der Waals surface area contributed by atoms with E-state index in [2.05, 4.69) is 5.32 Å². The van der Waals surface area contributed by atoms with Gasteiger partial charge < -0.3 is 14.6 Å². The summed E-state index contributed by atoms with van der Waals surface area (Å²) in [5.74, 6) is -0.349. The molecule has 0 aliphatic heterocycles. The fourth-order valence-electron chi connectivity index (χ4n) is 2.30. The standard InChI is InChI=1S/C17H21ClN2O3S/c1-4-20(10-12-7-8-14(18)24-12)17(22)15(11(2)3)19-16(21)13-6-5-9-23-13/h5-9,11,15H,4,10H2,1-3H3,(H,19,21). The van der Waals surface area contributed by atoms with E-state index in [0.717, 1.165) is 4.88 Å². The van der Waals surface area contributed by atoms with Crippen LogP contribution < -0.4 is 5.32 Å². The first kappa shape index (κ1) is 18.5. The highest BCUT2D eigenvalue weighted by Gasteiger charge is 2.29. The predicted octanol–water partition coefficient (Wildman–Crippen LogP) is 3.80. The van der Waals surface area contributed by atoms with E-state index in [1.165, 1.54) is 17.6 Å². The number of furan rings is 1. The van der Waals surface area contributed by atoms with Crippen molar-refractivity contribution in [1.29, 1.82) is 0 Å². The van der Waals surface area contributed by atoms with Gasteiger partial charge in [0, 0.05) is 11.4 Å². The van der Waals surface area contributed by atoms with E-state index in [1.54, 1.807) is 17.0 Å². The van der Waals surface area contributed by atoms with Crippen molar-refractivity contribution in [2.75, 3.05) is 6.54 Å². The Kier molecular flexibility index (Phi) is 6.45. The van der Waals surface area contributed by atoms with Gasteiger partial charge in [0.25, 0.3) is 5.91 Å². The van der Waals surface area contributed by atoms with E-state index in [0.29, 0.717) is 17.4 Å². The van der Waals surface area contributed by atoms with E-state index in [1.807, 2.05) is 32.9 Å². The topological polar surface area (TPSA) is 62.6 Å². The molecule has 1 N–H and O–H groups in total. The number of carbonyl (C=O) groups excluding carboxylic acids is 2. The second-order valence-corrected chi connectivity index (χ2v) is 7.53. The quantitative estimate of drug-likeness (QED) is 0.808. The Balaban J connectivity index is 2.09. The Morgan fingerprint density at radius 1 is 1.33 bits per heavy atom. The first-order valence-electron chi connectivity index (χ1n) is 7.79. The summed E-state index contributed by atoms with van der Waals surface area (Å²) in [5.41, 5.74) is 0. The lowest BCUT2D eigenvalue weighted by Crippen LogP contribution is -2.50. The fourth-order valence-corrected chi connectivity index (χ4v) is 3.40. The number of rotatable bonds is 7. The monoisotopic (exact) mass is 368 g/mol. The van der Waals surface area contributed by atoms with Gasteiger partial charge in [-0.25, -0.2) is 0 Å². The summed E-state index contributed by atoms with van der Waals surface area (Å²) >= 11 is 7.40. The fraction of sp³-hybridized carbons (Fsp3) is 0.412. The molecule has 0 aliphatic carbocycles. The number of likely N-dealkylation sites (N-methyl/N-ethyl adjacent to an activating group) is 1. The summed E-state index contributed by atoms with van der Waals surface area (Å²) in [6, 6.07) is 6.33. The van der Waals surface area contributed by atoms with Gasteiger partial charge in [0.1, 0.15) is 6.04 Å². The number of hydrogen-bond acceptors (Lipinski definition) is 4. The van der Waals surface area contributed by atoms with Gasteiger partial charge in [-0.15, -0.1) is 11.3 Å². The molecule has 1 atom stereocenters. The highest BCUT2D eigenvalue weighted by molar-refractivity contribution is 7.16. The minimum atomic E-state index is -0.613. The van der Waals surface area contributed by atoms with Crippen LogP contribution in [0.4, 0.5) is 0 Å². The van der Waals surface area contributed by atoms with Crippen molar-refractivity contribution in [3.05, 3.63) is 45.5 Å². The van der Waals surface area contributed by atoms with Crippen molar-refractivity contribution < 1.29 is 14.0 Å². The maximum absolute atomic E-state index is 12.9. The summed E-state index contributed by atoms with van der Waals surface area (Å²) in [7, 11) is 0. The molecule has 0 bridgehead atoms. The summed E-state index contributed by atoms with van der Waals surface area (Å²) in [6.45, 7) is 6.75. The maximum Gasteiger partial charge on any atom is 0.287 e. The molecule has 5 nitrogen and oxygen atoms in total. The SMILES string of the molecule is CCN(Cc1ccc(Cl)s1)C(=O)C(NC(=O)c1ccco1)C(C)C. The Labute approximate surface area is 150 Å². The van der Waals surface area contributed by atoms with Crippen molar-refractivity contribution in [2.45, 2.75) is 33.4 Å². The second-order valence-electron chi connectivity index (χ2n) is 5.73. The van der Waals surface area contributed by atoms with Crippen LogP contribution in [0, 0.1) is 5.92 Å². The third-order valence-electron chi connectivity index (χ3n) is 3.63. The molecule has 0 spiro atoms. The normalized spacial score (nSPS) is 12.2. The van der Waals surface area contributed by atoms with Crippen molar-refractivity contribution in [1.82, 2.24) is 10.2 Å². The van der Waals surface area contributed by atoms with Crippen molar-refractivity contribution >= 4 is 34.8 Å². The molecule has 0 saturated heterocycles. The second kappa shape index (κ2) is 8.35. The Bertz CT molecular complexity index is 682. The first-order chi connectivity index (χ1) is 11.4. The van der Waals surface area contributed by atoms with Crippen LogP contribution in [-0.2, 0) is 11.3 Å². The van der Waals surface area contributed by atoms with Crippen LogP contribution >= 0.6 is 22.9 Å². The minimum absolute atomic E-state index is 0.0441. The number of thiophene rings is 1. The van der Waals surface area contributed by atoms with E-state index >= 15 is 0 Å². The number of nitrogens with zero attached hydrogens (tertiary/aromatic N) is 1. The molecule has 1 unspecified atom stereocenters. The Morgan fingerprint density at radius 2 is 2.08 bits per heavy atom. The number of nitrogens with one attached hydrogen (secondary N) is 1. The molecule has 7 heteroatoms. The highest BCUT2D eigenvalue weighted by Crippen LogP contribution is 2.23. The summed E-state index contributed by atoms with van der Waals surface area (Å²) in [6.07, 6.45) is 1.43. The van der Waals surface area contributed by atoms with Gasteiger partial charge in [-0.05, 0) is 37.1 Å². The van der Waals surface area contributed by atoms with Gasteiger partial charge in [-0.1, -0.05) is 25.4 Å². The summed E-state index contributed by atoms with van der Waals surface area (Å²) in [4.78, 5) is 27.8. The van der Waals surface area contributed by atoms with Crippen molar-refractivity contribution in [3.8, 4) is 0 Å². The first-order valence-corrected chi connectivity index (χ1v) is 8.99. The van der Waals surface area contributed by atoms with E-state index in [-0.39, 0.29) is 23.5 Å². The van der Waals surface area contributed by atoms with Gasteiger partial charge in [0.15, 0.2) is 5.76 Å². The lowest BCUT2D eigenvalue weighted by Gasteiger charge is -2.28. The van der Waals surface area contributed by atoms with Gasteiger partial charge in [-0.3, -0.25) is 9.59 Å². The Morgan fingerprint density at radius 3 is 2.58 bits per heavy atom.